The molecule has 0 aromatic heterocycles. The van der Waals surface area contributed by atoms with Gasteiger partial charge in [0.25, 0.3) is 0 Å². The highest BCUT2D eigenvalue weighted by atomic mass is 32.2. The van der Waals surface area contributed by atoms with Crippen LogP contribution in [0, 0.1) is 11.6 Å². The second-order valence-electron chi connectivity index (χ2n) is 7.14. The van der Waals surface area contributed by atoms with Gasteiger partial charge >= 0.3 is 0 Å². The van der Waals surface area contributed by atoms with Crippen LogP contribution in [0.5, 0.6) is 0 Å². The molecule has 1 aliphatic rings. The number of benzene rings is 3. The molecule has 2 amide bonds. The van der Waals surface area contributed by atoms with Crippen molar-refractivity contribution in [3.8, 4) is 0 Å². The summed E-state index contributed by atoms with van der Waals surface area (Å²) >= 11 is 1.17. The normalized spacial score (nSPS) is 17.4. The standard InChI is InChI=1S/C24H19F2N3O2S/c25-17-6-10-19(11-7-17)27-23(31)21-14-22(30)29(15-16-4-2-1-3-5-16)24(32-21)28-20-12-8-18(26)9-13-20/h1-13,21H,14-15H2,(H,27,31)/t21-/m0/s1. The van der Waals surface area contributed by atoms with Crippen molar-refractivity contribution >= 4 is 40.1 Å². The lowest BCUT2D eigenvalue weighted by atomic mass is 10.2. The van der Waals surface area contributed by atoms with E-state index in [1.807, 2.05) is 30.3 Å². The number of thioether (sulfide) groups is 1. The summed E-state index contributed by atoms with van der Waals surface area (Å²) in [4.78, 5) is 31.9. The molecule has 1 aliphatic heterocycles. The molecule has 0 unspecified atom stereocenters. The summed E-state index contributed by atoms with van der Waals surface area (Å²) in [6.07, 6.45) is -0.00698. The molecule has 0 aliphatic carbocycles. The van der Waals surface area contributed by atoms with Gasteiger partial charge in [-0.15, -0.1) is 0 Å². The van der Waals surface area contributed by atoms with Gasteiger partial charge < -0.3 is 5.32 Å². The van der Waals surface area contributed by atoms with Gasteiger partial charge in [-0.05, 0) is 54.1 Å². The topological polar surface area (TPSA) is 61.8 Å². The number of hydrogen-bond acceptors (Lipinski definition) is 4. The fraction of sp³-hybridized carbons (Fsp3) is 0.125. The number of hydrogen-bond donors (Lipinski definition) is 1. The van der Waals surface area contributed by atoms with Crippen LogP contribution >= 0.6 is 11.8 Å². The highest BCUT2D eigenvalue weighted by Crippen LogP contribution is 2.31. The van der Waals surface area contributed by atoms with Crippen LogP contribution in [-0.2, 0) is 16.1 Å². The molecule has 8 heteroatoms. The average Bonchev–Trinajstić information content (AvgIpc) is 2.79. The summed E-state index contributed by atoms with van der Waals surface area (Å²) in [5.41, 5.74) is 1.83. The smallest absolute Gasteiger partial charge is 0.238 e. The zero-order valence-corrected chi connectivity index (χ0v) is 17.7. The van der Waals surface area contributed by atoms with Gasteiger partial charge in [-0.3, -0.25) is 14.5 Å². The third-order valence-electron chi connectivity index (χ3n) is 4.78. The highest BCUT2D eigenvalue weighted by Gasteiger charge is 2.36. The van der Waals surface area contributed by atoms with Crippen molar-refractivity contribution in [1.29, 1.82) is 0 Å². The Bertz CT molecular complexity index is 1140. The van der Waals surface area contributed by atoms with Crippen LogP contribution < -0.4 is 5.32 Å². The predicted octanol–water partition coefficient (Wildman–Crippen LogP) is 5.13. The Morgan fingerprint density at radius 1 is 0.969 bits per heavy atom. The largest absolute Gasteiger partial charge is 0.325 e. The van der Waals surface area contributed by atoms with Crippen molar-refractivity contribution in [2.75, 3.05) is 5.32 Å². The molecule has 4 rings (SSSR count). The average molecular weight is 451 g/mol. The van der Waals surface area contributed by atoms with Gasteiger partial charge in [-0.1, -0.05) is 42.1 Å². The number of anilines is 1. The second-order valence-corrected chi connectivity index (χ2v) is 8.31. The summed E-state index contributed by atoms with van der Waals surface area (Å²) in [5.74, 6) is -1.41. The molecule has 162 valence electrons. The number of aliphatic imine (C=N–C) groups is 1. The SMILES string of the molecule is O=C(Nc1ccc(F)cc1)[C@@H]1CC(=O)N(Cc2ccccc2)C(=Nc2ccc(F)cc2)S1. The van der Waals surface area contributed by atoms with E-state index in [1.165, 1.54) is 65.2 Å². The van der Waals surface area contributed by atoms with Crippen molar-refractivity contribution in [2.24, 2.45) is 4.99 Å². The molecule has 1 N–H and O–H groups in total. The lowest BCUT2D eigenvalue weighted by Crippen LogP contribution is -2.44. The van der Waals surface area contributed by atoms with E-state index in [4.69, 9.17) is 0 Å². The van der Waals surface area contributed by atoms with Gasteiger partial charge in [-0.2, -0.15) is 0 Å². The van der Waals surface area contributed by atoms with Crippen LogP contribution in [0.3, 0.4) is 0 Å². The Labute approximate surface area is 188 Å². The Balaban J connectivity index is 1.58. The van der Waals surface area contributed by atoms with Crippen LogP contribution in [0.1, 0.15) is 12.0 Å². The number of nitrogens with zero attached hydrogens (tertiary/aromatic N) is 2. The molecule has 3 aromatic rings. The minimum absolute atomic E-state index is 0.00698. The van der Waals surface area contributed by atoms with Gasteiger partial charge in [-0.25, -0.2) is 13.8 Å². The summed E-state index contributed by atoms with van der Waals surface area (Å²) < 4.78 is 26.4. The van der Waals surface area contributed by atoms with E-state index >= 15 is 0 Å². The summed E-state index contributed by atoms with van der Waals surface area (Å²) in [7, 11) is 0. The minimum Gasteiger partial charge on any atom is -0.325 e. The van der Waals surface area contributed by atoms with Crippen molar-refractivity contribution in [3.63, 3.8) is 0 Å². The lowest BCUT2D eigenvalue weighted by Gasteiger charge is -2.32. The molecule has 0 radical (unpaired) electrons. The number of amides is 2. The van der Waals surface area contributed by atoms with Crippen LogP contribution in [0.4, 0.5) is 20.2 Å². The Morgan fingerprint density at radius 3 is 2.25 bits per heavy atom. The maximum atomic E-state index is 13.3. The van der Waals surface area contributed by atoms with E-state index in [0.717, 1.165) is 5.56 Å². The van der Waals surface area contributed by atoms with E-state index < -0.39 is 11.1 Å². The monoisotopic (exact) mass is 451 g/mol. The minimum atomic E-state index is -0.709. The zero-order chi connectivity index (χ0) is 22.5. The maximum absolute atomic E-state index is 13.3. The molecule has 0 bridgehead atoms. The van der Waals surface area contributed by atoms with Gasteiger partial charge in [0, 0.05) is 12.1 Å². The molecule has 32 heavy (non-hydrogen) atoms. The molecule has 5 nitrogen and oxygen atoms in total. The number of nitrogens with one attached hydrogen (secondary N) is 1. The van der Waals surface area contributed by atoms with Crippen LogP contribution in [0.25, 0.3) is 0 Å². The maximum Gasteiger partial charge on any atom is 0.238 e. The molecule has 1 fully saturated rings. The number of amidine groups is 1. The number of carbonyl (C=O) groups is 2. The zero-order valence-electron chi connectivity index (χ0n) is 16.9. The highest BCUT2D eigenvalue weighted by molar-refractivity contribution is 8.15. The third-order valence-corrected chi connectivity index (χ3v) is 5.97. The van der Waals surface area contributed by atoms with Crippen LogP contribution in [-0.4, -0.2) is 27.1 Å². The summed E-state index contributed by atoms with van der Waals surface area (Å²) in [6.45, 7) is 0.305. The van der Waals surface area contributed by atoms with Gasteiger partial charge in [0.15, 0.2) is 5.17 Å². The molecule has 0 spiro atoms. The van der Waals surface area contributed by atoms with Crippen LogP contribution in [0.15, 0.2) is 83.9 Å². The quantitative estimate of drug-likeness (QED) is 0.585. The van der Waals surface area contributed by atoms with E-state index in [0.29, 0.717) is 23.1 Å². The molecular weight excluding hydrogens is 432 g/mol. The van der Waals surface area contributed by atoms with E-state index in [9.17, 15) is 18.4 Å². The van der Waals surface area contributed by atoms with Crippen molar-refractivity contribution in [2.45, 2.75) is 18.2 Å². The van der Waals surface area contributed by atoms with E-state index in [1.54, 1.807) is 0 Å². The predicted molar refractivity (Wildman–Crippen MR) is 122 cm³/mol. The van der Waals surface area contributed by atoms with Gasteiger partial charge in [0.05, 0.1) is 12.2 Å². The third kappa shape index (κ3) is 5.39. The Hall–Kier alpha value is -3.52. The molecule has 1 atom stereocenters. The van der Waals surface area contributed by atoms with Crippen molar-refractivity contribution in [1.82, 2.24) is 4.90 Å². The molecule has 1 saturated heterocycles. The lowest BCUT2D eigenvalue weighted by molar-refractivity contribution is -0.129. The van der Waals surface area contributed by atoms with Crippen molar-refractivity contribution < 1.29 is 18.4 Å². The second kappa shape index (κ2) is 9.74. The van der Waals surface area contributed by atoms with E-state index in [-0.39, 0.29) is 24.1 Å². The number of rotatable bonds is 5. The molecule has 3 aromatic carbocycles. The first-order valence-electron chi connectivity index (χ1n) is 9.89. The first-order valence-corrected chi connectivity index (χ1v) is 10.8. The van der Waals surface area contributed by atoms with Gasteiger partial charge in [0.2, 0.25) is 11.8 Å². The Kier molecular flexibility index (Phi) is 6.61. The molecule has 1 heterocycles. The molecule has 0 saturated carbocycles. The number of halogens is 2. The van der Waals surface area contributed by atoms with Crippen molar-refractivity contribution in [3.05, 3.63) is 96.1 Å². The summed E-state index contributed by atoms with van der Waals surface area (Å²) in [6, 6.07) is 20.5. The fourth-order valence-electron chi connectivity index (χ4n) is 3.14. The first-order chi connectivity index (χ1) is 15.5. The fourth-order valence-corrected chi connectivity index (χ4v) is 4.24. The van der Waals surface area contributed by atoms with Crippen LogP contribution in [0.2, 0.25) is 0 Å². The summed E-state index contributed by atoms with van der Waals surface area (Å²) in [5, 5.41) is 2.36. The Morgan fingerprint density at radius 2 is 1.59 bits per heavy atom. The van der Waals surface area contributed by atoms with E-state index in [2.05, 4.69) is 10.3 Å². The number of carbonyl (C=O) groups excluding carboxylic acids is 2. The molecular formula is C24H19F2N3O2S. The first kappa shape index (κ1) is 21.7. The van der Waals surface area contributed by atoms with Gasteiger partial charge in [0.1, 0.15) is 16.9 Å².